The van der Waals surface area contributed by atoms with Crippen molar-refractivity contribution in [3.63, 3.8) is 0 Å². The largest absolute Gasteiger partial charge is 0.380 e. The maximum absolute atomic E-state index is 5.37. The van der Waals surface area contributed by atoms with Crippen molar-refractivity contribution in [2.75, 3.05) is 38.2 Å². The Bertz CT molecular complexity index is 1790. The minimum absolute atomic E-state index is 0.580. The highest BCUT2D eigenvalue weighted by molar-refractivity contribution is 5.83. The topological polar surface area (TPSA) is 43.4 Å². The van der Waals surface area contributed by atoms with Crippen molar-refractivity contribution in [2.24, 2.45) is 0 Å². The highest BCUT2D eigenvalue weighted by Gasteiger charge is 2.18. The van der Waals surface area contributed by atoms with Crippen LogP contribution in [0.1, 0.15) is 33.4 Å². The molecular formula is C46H48N2O4. The van der Waals surface area contributed by atoms with E-state index in [9.17, 15) is 0 Å². The van der Waals surface area contributed by atoms with Crippen molar-refractivity contribution in [2.45, 2.75) is 40.3 Å². The van der Waals surface area contributed by atoms with E-state index in [4.69, 9.17) is 18.9 Å². The zero-order valence-corrected chi connectivity index (χ0v) is 31.1. The van der Waals surface area contributed by atoms with Crippen molar-refractivity contribution < 1.29 is 18.9 Å². The van der Waals surface area contributed by atoms with E-state index < -0.39 is 0 Å². The van der Waals surface area contributed by atoms with E-state index in [1.807, 2.05) is 0 Å². The summed E-state index contributed by atoms with van der Waals surface area (Å²) in [6.07, 6.45) is 0. The Labute approximate surface area is 308 Å². The molecule has 0 atom stereocenters. The lowest BCUT2D eigenvalue weighted by atomic mass is 9.98. The molecule has 0 N–H and O–H groups in total. The number of hydrogen-bond acceptors (Lipinski definition) is 6. The molecule has 0 heterocycles. The first-order valence-electron chi connectivity index (χ1n) is 17.6. The molecule has 0 amide bonds. The molecule has 0 aromatic heterocycles. The van der Waals surface area contributed by atoms with Crippen LogP contribution in [0.3, 0.4) is 0 Å². The molecule has 0 saturated heterocycles. The van der Waals surface area contributed by atoms with Gasteiger partial charge in [0.1, 0.15) is 0 Å². The highest BCUT2D eigenvalue weighted by Crippen LogP contribution is 2.41. The van der Waals surface area contributed by atoms with Crippen LogP contribution in [0.2, 0.25) is 0 Å². The number of methoxy groups -OCH3 is 4. The van der Waals surface area contributed by atoms with Gasteiger partial charge in [0.05, 0.1) is 26.4 Å². The Balaban J connectivity index is 1.35. The first-order chi connectivity index (χ1) is 25.4. The Morgan fingerprint density at radius 3 is 0.808 bits per heavy atom. The summed E-state index contributed by atoms with van der Waals surface area (Å²) in [7, 11) is 6.90. The molecule has 0 radical (unpaired) electrons. The van der Waals surface area contributed by atoms with E-state index in [1.54, 1.807) is 28.4 Å². The molecule has 266 valence electrons. The Morgan fingerprint density at radius 1 is 0.346 bits per heavy atom. The molecule has 0 spiro atoms. The molecular weight excluding hydrogens is 645 g/mol. The lowest BCUT2D eigenvalue weighted by Crippen LogP contribution is -2.12. The zero-order valence-electron chi connectivity index (χ0n) is 31.1. The van der Waals surface area contributed by atoms with Gasteiger partial charge in [-0.3, -0.25) is 0 Å². The summed E-state index contributed by atoms with van der Waals surface area (Å²) in [5.74, 6) is 0. The third kappa shape index (κ3) is 8.44. The Kier molecular flexibility index (Phi) is 12.2. The summed E-state index contributed by atoms with van der Waals surface area (Å²) in [5.41, 5.74) is 15.8. The van der Waals surface area contributed by atoms with Crippen LogP contribution in [0.5, 0.6) is 0 Å². The molecule has 6 heteroatoms. The minimum atomic E-state index is 0.580. The smallest absolute Gasteiger partial charge is 0.0713 e. The zero-order chi connectivity index (χ0) is 36.5. The SMILES string of the molecule is COCc1ccc(N(c2ccc(COC)cc2)c2ccc(-c3ccc(N(c4ccc(COC)cc4)c4ccc(COC)cc4)c(C)c3)cc2C)cc1. The predicted molar refractivity (Wildman–Crippen MR) is 214 cm³/mol. The summed E-state index contributed by atoms with van der Waals surface area (Å²) in [6.45, 7) is 6.70. The summed E-state index contributed by atoms with van der Waals surface area (Å²) in [5, 5.41) is 0. The van der Waals surface area contributed by atoms with Gasteiger partial charge in [-0.05, 0) is 131 Å². The molecule has 0 bridgehead atoms. The van der Waals surface area contributed by atoms with Crippen molar-refractivity contribution in [3.05, 3.63) is 167 Å². The number of aryl methyl sites for hydroxylation is 2. The van der Waals surface area contributed by atoms with E-state index in [2.05, 4.69) is 157 Å². The molecule has 0 aliphatic carbocycles. The quantitative estimate of drug-likeness (QED) is 0.107. The van der Waals surface area contributed by atoms with Crippen molar-refractivity contribution in [1.29, 1.82) is 0 Å². The van der Waals surface area contributed by atoms with Gasteiger partial charge < -0.3 is 28.7 Å². The third-order valence-electron chi connectivity index (χ3n) is 9.23. The van der Waals surface area contributed by atoms with Gasteiger partial charge in [-0.25, -0.2) is 0 Å². The van der Waals surface area contributed by atoms with Crippen LogP contribution in [0.4, 0.5) is 34.1 Å². The Hall–Kier alpha value is -5.24. The number of benzene rings is 6. The fraction of sp³-hybridized carbons (Fsp3) is 0.217. The van der Waals surface area contributed by atoms with Crippen molar-refractivity contribution in [1.82, 2.24) is 0 Å². The van der Waals surface area contributed by atoms with Gasteiger partial charge in [0, 0.05) is 62.6 Å². The maximum Gasteiger partial charge on any atom is 0.0713 e. The summed E-state index contributed by atoms with van der Waals surface area (Å²) < 4.78 is 21.5. The second kappa shape index (κ2) is 17.3. The van der Waals surface area contributed by atoms with Crippen molar-refractivity contribution in [3.8, 4) is 11.1 Å². The molecule has 0 unspecified atom stereocenters. The predicted octanol–water partition coefficient (Wildman–Crippen LogP) is 11.5. The van der Waals surface area contributed by atoms with Crippen LogP contribution in [-0.2, 0) is 45.4 Å². The second-order valence-corrected chi connectivity index (χ2v) is 13.1. The first kappa shape index (κ1) is 36.5. The fourth-order valence-electron chi connectivity index (χ4n) is 6.66. The van der Waals surface area contributed by atoms with E-state index in [-0.39, 0.29) is 0 Å². The van der Waals surface area contributed by atoms with Gasteiger partial charge in [-0.1, -0.05) is 60.7 Å². The molecule has 6 nitrogen and oxygen atoms in total. The lowest BCUT2D eigenvalue weighted by molar-refractivity contribution is 0.185. The molecule has 0 saturated carbocycles. The minimum Gasteiger partial charge on any atom is -0.380 e. The molecule has 0 fully saturated rings. The van der Waals surface area contributed by atoms with Gasteiger partial charge in [0.2, 0.25) is 0 Å². The van der Waals surface area contributed by atoms with Crippen LogP contribution in [-0.4, -0.2) is 28.4 Å². The number of anilines is 6. The summed E-state index contributed by atoms with van der Waals surface area (Å²) >= 11 is 0. The lowest BCUT2D eigenvalue weighted by Gasteiger charge is -2.28. The van der Waals surface area contributed by atoms with Crippen LogP contribution in [0, 0.1) is 13.8 Å². The average molecular weight is 693 g/mol. The van der Waals surface area contributed by atoms with E-state index in [0.717, 1.165) is 56.4 Å². The van der Waals surface area contributed by atoms with E-state index in [1.165, 1.54) is 22.3 Å². The standard InChI is InChI=1S/C46H48N2O4/c1-33-27-39(15-25-45(33)47(41-17-7-35(8-18-41)29-49-3)42-19-9-36(10-20-42)30-50-4)40-16-26-46(34(2)28-40)48(43-21-11-37(12-22-43)31-51-5)44-23-13-38(14-24-44)32-52-6/h7-28H,29-32H2,1-6H3. The van der Waals surface area contributed by atoms with E-state index in [0.29, 0.717) is 26.4 Å². The van der Waals surface area contributed by atoms with Crippen LogP contribution < -0.4 is 9.80 Å². The maximum atomic E-state index is 5.37. The molecule has 52 heavy (non-hydrogen) atoms. The first-order valence-corrected chi connectivity index (χ1v) is 17.6. The van der Waals surface area contributed by atoms with Crippen molar-refractivity contribution >= 4 is 34.1 Å². The van der Waals surface area contributed by atoms with Gasteiger partial charge in [0.15, 0.2) is 0 Å². The van der Waals surface area contributed by atoms with Gasteiger partial charge in [-0.2, -0.15) is 0 Å². The third-order valence-corrected chi connectivity index (χ3v) is 9.23. The molecule has 6 aromatic rings. The van der Waals surface area contributed by atoms with Crippen LogP contribution >= 0.6 is 0 Å². The molecule has 0 aliphatic rings. The summed E-state index contributed by atoms with van der Waals surface area (Å²) in [4.78, 5) is 4.63. The highest BCUT2D eigenvalue weighted by atomic mass is 16.5. The van der Waals surface area contributed by atoms with Gasteiger partial charge >= 0.3 is 0 Å². The second-order valence-electron chi connectivity index (χ2n) is 13.1. The Morgan fingerprint density at radius 2 is 0.596 bits per heavy atom. The monoisotopic (exact) mass is 692 g/mol. The number of ether oxygens (including phenoxy) is 4. The number of hydrogen-bond donors (Lipinski definition) is 0. The summed E-state index contributed by atoms with van der Waals surface area (Å²) in [6, 6.07) is 47.8. The fourth-order valence-corrected chi connectivity index (χ4v) is 6.66. The van der Waals surface area contributed by atoms with Crippen LogP contribution in [0.15, 0.2) is 133 Å². The van der Waals surface area contributed by atoms with Crippen LogP contribution in [0.25, 0.3) is 11.1 Å². The number of rotatable bonds is 15. The molecule has 6 aromatic carbocycles. The van der Waals surface area contributed by atoms with Gasteiger partial charge in [-0.15, -0.1) is 0 Å². The molecule has 6 rings (SSSR count). The average Bonchev–Trinajstić information content (AvgIpc) is 3.16. The van der Waals surface area contributed by atoms with Gasteiger partial charge in [0.25, 0.3) is 0 Å². The normalized spacial score (nSPS) is 11.1. The molecule has 0 aliphatic heterocycles. The van der Waals surface area contributed by atoms with E-state index >= 15 is 0 Å². The number of nitrogens with zero attached hydrogens (tertiary/aromatic N) is 2.